The fraction of sp³-hybridized carbons (Fsp3) is 0.240. The highest BCUT2D eigenvalue weighted by Gasteiger charge is 2.25. The molecule has 35 heavy (non-hydrogen) atoms. The van der Waals surface area contributed by atoms with Crippen LogP contribution in [0, 0.1) is 23.0 Å². The van der Waals surface area contributed by atoms with Crippen LogP contribution in [-0.4, -0.2) is 41.2 Å². The maximum absolute atomic E-state index is 14.7. The van der Waals surface area contributed by atoms with Crippen molar-refractivity contribution in [2.24, 2.45) is 5.73 Å². The third-order valence-electron chi connectivity index (χ3n) is 6.20. The van der Waals surface area contributed by atoms with Crippen LogP contribution in [0.2, 0.25) is 0 Å². The SMILES string of the molecule is COc1ccc(-c2c(-c3ccc(C#N)c(F)c3)nc(N3CCC(N)CC3)c3[nH]cnc23)cc1F.Cl. The zero-order valence-electron chi connectivity index (χ0n) is 18.9. The number of imidazole rings is 1. The molecule has 2 aromatic carbocycles. The van der Waals surface area contributed by atoms with Crippen molar-refractivity contribution < 1.29 is 13.5 Å². The Balaban J connectivity index is 0.00000289. The lowest BCUT2D eigenvalue weighted by molar-refractivity contribution is 0.386. The van der Waals surface area contributed by atoms with E-state index in [1.807, 2.05) is 6.07 Å². The predicted octanol–water partition coefficient (Wildman–Crippen LogP) is 4.80. The van der Waals surface area contributed by atoms with Crippen LogP contribution in [0.25, 0.3) is 33.4 Å². The quantitative estimate of drug-likeness (QED) is 0.420. The van der Waals surface area contributed by atoms with Crippen molar-refractivity contribution in [3.63, 3.8) is 0 Å². The van der Waals surface area contributed by atoms with Gasteiger partial charge in [0.2, 0.25) is 0 Å². The second kappa shape index (κ2) is 9.86. The van der Waals surface area contributed by atoms with Crippen molar-refractivity contribution in [3.05, 3.63) is 59.9 Å². The first-order valence-corrected chi connectivity index (χ1v) is 10.9. The Kier molecular flexibility index (Phi) is 6.87. The number of nitrogens with one attached hydrogen (secondary N) is 1. The molecule has 0 radical (unpaired) electrons. The molecule has 0 amide bonds. The lowest BCUT2D eigenvalue weighted by atomic mass is 9.96. The van der Waals surface area contributed by atoms with Crippen LogP contribution in [0.5, 0.6) is 5.75 Å². The molecule has 1 aliphatic rings. The molecule has 1 saturated heterocycles. The number of methoxy groups -OCH3 is 1. The lowest BCUT2D eigenvalue weighted by Gasteiger charge is -2.32. The van der Waals surface area contributed by atoms with Crippen molar-refractivity contribution in [1.29, 1.82) is 5.26 Å². The van der Waals surface area contributed by atoms with Gasteiger partial charge in [-0.1, -0.05) is 12.1 Å². The largest absolute Gasteiger partial charge is 0.494 e. The number of hydrogen-bond acceptors (Lipinski definition) is 6. The molecular weight excluding hydrogens is 474 g/mol. The highest BCUT2D eigenvalue weighted by Crippen LogP contribution is 2.41. The first-order chi connectivity index (χ1) is 16.5. The molecule has 0 bridgehead atoms. The molecule has 0 unspecified atom stereocenters. The van der Waals surface area contributed by atoms with Crippen molar-refractivity contribution in [2.75, 3.05) is 25.1 Å². The maximum atomic E-state index is 14.7. The number of nitrogens with zero attached hydrogens (tertiary/aromatic N) is 4. The van der Waals surface area contributed by atoms with Crippen LogP contribution in [0.15, 0.2) is 42.7 Å². The van der Waals surface area contributed by atoms with Gasteiger partial charge in [0.1, 0.15) is 22.9 Å². The van der Waals surface area contributed by atoms with E-state index in [0.29, 0.717) is 39.2 Å². The predicted molar refractivity (Wildman–Crippen MR) is 133 cm³/mol. The van der Waals surface area contributed by atoms with Crippen LogP contribution in [0.1, 0.15) is 18.4 Å². The first-order valence-electron chi connectivity index (χ1n) is 10.9. The fourth-order valence-corrected chi connectivity index (χ4v) is 4.38. The highest BCUT2D eigenvalue weighted by atomic mass is 35.5. The van der Waals surface area contributed by atoms with Crippen LogP contribution in [0.3, 0.4) is 0 Å². The third-order valence-corrected chi connectivity index (χ3v) is 6.20. The molecule has 0 atom stereocenters. The zero-order valence-corrected chi connectivity index (χ0v) is 19.7. The van der Waals surface area contributed by atoms with Gasteiger partial charge >= 0.3 is 0 Å². The van der Waals surface area contributed by atoms with E-state index >= 15 is 0 Å². The summed E-state index contributed by atoms with van der Waals surface area (Å²) in [5.74, 6) is -0.393. The molecule has 3 N–H and O–H groups in total. The molecular formula is C25H23ClF2N6O. The fourth-order valence-electron chi connectivity index (χ4n) is 4.38. The summed E-state index contributed by atoms with van der Waals surface area (Å²) in [6.45, 7) is 1.44. The van der Waals surface area contributed by atoms with Crippen molar-refractivity contribution in [1.82, 2.24) is 15.0 Å². The number of nitrogens with two attached hydrogens (primary N) is 1. The van der Waals surface area contributed by atoms with Gasteiger partial charge in [-0.2, -0.15) is 5.26 Å². The van der Waals surface area contributed by atoms with E-state index in [9.17, 15) is 8.78 Å². The van der Waals surface area contributed by atoms with E-state index < -0.39 is 11.6 Å². The summed E-state index contributed by atoms with van der Waals surface area (Å²) in [4.78, 5) is 14.8. The van der Waals surface area contributed by atoms with Gasteiger partial charge in [-0.15, -0.1) is 12.4 Å². The number of halogens is 3. The molecule has 1 fully saturated rings. The number of H-pyrrole nitrogens is 1. The topological polar surface area (TPSA) is 104 Å². The first kappa shape index (κ1) is 24.4. The van der Waals surface area contributed by atoms with Crippen LogP contribution < -0.4 is 15.4 Å². The summed E-state index contributed by atoms with van der Waals surface area (Å²) in [5, 5.41) is 9.15. The van der Waals surface area contributed by atoms with Crippen molar-refractivity contribution in [3.8, 4) is 34.2 Å². The van der Waals surface area contributed by atoms with E-state index in [2.05, 4.69) is 14.9 Å². The Morgan fingerprint density at radius 2 is 1.83 bits per heavy atom. The molecule has 180 valence electrons. The van der Waals surface area contributed by atoms with Crippen LogP contribution in [-0.2, 0) is 0 Å². The van der Waals surface area contributed by atoms with Crippen molar-refractivity contribution in [2.45, 2.75) is 18.9 Å². The Hall–Kier alpha value is -3.74. The van der Waals surface area contributed by atoms with E-state index in [-0.39, 0.29) is 29.8 Å². The Morgan fingerprint density at radius 3 is 2.49 bits per heavy atom. The number of aromatic nitrogens is 3. The minimum Gasteiger partial charge on any atom is -0.494 e. The molecule has 10 heteroatoms. The summed E-state index contributed by atoms with van der Waals surface area (Å²) < 4.78 is 34.4. The number of fused-ring (bicyclic) bond motifs is 1. The van der Waals surface area contributed by atoms with E-state index in [0.717, 1.165) is 25.9 Å². The number of piperidine rings is 1. The Bertz CT molecular complexity index is 1430. The number of aromatic amines is 1. The second-order valence-electron chi connectivity index (χ2n) is 8.27. The Morgan fingerprint density at radius 1 is 1.11 bits per heavy atom. The number of benzene rings is 2. The van der Waals surface area contributed by atoms with Gasteiger partial charge in [0.05, 0.1) is 24.7 Å². The summed E-state index contributed by atoms with van der Waals surface area (Å²) in [5.41, 5.74) is 9.30. The minimum atomic E-state index is -0.652. The summed E-state index contributed by atoms with van der Waals surface area (Å²) in [7, 11) is 1.40. The van der Waals surface area contributed by atoms with Crippen molar-refractivity contribution >= 4 is 29.3 Å². The lowest BCUT2D eigenvalue weighted by Crippen LogP contribution is -2.40. The third kappa shape index (κ3) is 4.38. The summed E-state index contributed by atoms with van der Waals surface area (Å²) in [6, 6.07) is 10.9. The molecule has 0 aliphatic carbocycles. The normalized spacial score (nSPS) is 14.0. The number of ether oxygens (including phenoxy) is 1. The minimum absolute atomic E-state index is 0. The van der Waals surface area contributed by atoms with E-state index in [4.69, 9.17) is 20.7 Å². The van der Waals surface area contributed by atoms with Crippen LogP contribution >= 0.6 is 12.4 Å². The zero-order chi connectivity index (χ0) is 23.8. The van der Waals surface area contributed by atoms with Crippen LogP contribution in [0.4, 0.5) is 14.6 Å². The van der Waals surface area contributed by atoms with Gasteiger partial charge in [0, 0.05) is 30.3 Å². The van der Waals surface area contributed by atoms with E-state index in [1.165, 1.54) is 31.4 Å². The van der Waals surface area contributed by atoms with Gasteiger partial charge in [0.15, 0.2) is 17.4 Å². The molecule has 5 rings (SSSR count). The molecule has 7 nitrogen and oxygen atoms in total. The second-order valence-corrected chi connectivity index (χ2v) is 8.27. The molecule has 1 aliphatic heterocycles. The smallest absolute Gasteiger partial charge is 0.165 e. The van der Waals surface area contributed by atoms with Gasteiger partial charge in [-0.25, -0.2) is 18.7 Å². The summed E-state index contributed by atoms with van der Waals surface area (Å²) in [6.07, 6.45) is 3.21. The van der Waals surface area contributed by atoms with Gasteiger partial charge in [-0.3, -0.25) is 0 Å². The number of rotatable bonds is 4. The molecule has 0 spiro atoms. The number of pyridine rings is 1. The average molecular weight is 497 g/mol. The summed E-state index contributed by atoms with van der Waals surface area (Å²) >= 11 is 0. The molecule has 3 heterocycles. The van der Waals surface area contributed by atoms with Gasteiger partial charge in [-0.05, 0) is 42.7 Å². The van der Waals surface area contributed by atoms with Gasteiger partial charge < -0.3 is 20.4 Å². The van der Waals surface area contributed by atoms with Gasteiger partial charge in [0.25, 0.3) is 0 Å². The molecule has 0 saturated carbocycles. The average Bonchev–Trinajstić information content (AvgIpc) is 3.33. The van der Waals surface area contributed by atoms with E-state index in [1.54, 1.807) is 18.5 Å². The molecule has 2 aromatic heterocycles. The Labute approximate surface area is 207 Å². The monoisotopic (exact) mass is 496 g/mol. The standard InChI is InChI=1S/C25H22F2N6O.ClH/c1-34-20-5-4-14(10-19(20)27)21-22(15-2-3-16(12-28)18(26)11-15)32-25(24-23(21)30-13-31-24)33-8-6-17(29)7-9-33;/h2-5,10-11,13,17H,6-9,29H2,1H3,(H,30,31);1H. The number of anilines is 1. The number of hydrogen-bond donors (Lipinski definition) is 2. The molecule has 4 aromatic rings. The highest BCUT2D eigenvalue weighted by molar-refractivity contribution is 6.03. The maximum Gasteiger partial charge on any atom is 0.165 e. The number of nitriles is 1.